The standard InChI is InChI=1S/C48H78O18/c1-43(2)14-16-48(17-15-46(6)22(23(48)18-43)8-9-28-45(5)12-11-29(51)44(3,4)27(45)10-13-47(28,46)7)42(60)66-40-37(59)34(56)32(54)26(64-40)21-61-41-38(35(57)31(53)25(20-50)63-41)65-39-36(58)33(55)30(52)24(19-49)62-39/h8,23-41,49-59H,9-21H2,1-7H3/t23-,24+,25+,26+,27-,28+,29-,30+,31+,32+,33-,34-,35-,36+,37+,38+,39-,40-,41+,45-,46+,47+,48-/m0/s1. The van der Waals surface area contributed by atoms with Crippen LogP contribution < -0.4 is 0 Å². The summed E-state index contributed by atoms with van der Waals surface area (Å²) in [5.74, 6) is 0.0616. The summed E-state index contributed by atoms with van der Waals surface area (Å²) in [6.45, 7) is 14.1. The first-order valence-corrected chi connectivity index (χ1v) is 24.3. The minimum absolute atomic E-state index is 0.0448. The Kier molecular flexibility index (Phi) is 13.9. The minimum atomic E-state index is -1.90. The number of carbonyl (C=O) groups excluding carboxylic acids is 1. The van der Waals surface area contributed by atoms with E-state index in [4.69, 9.17) is 28.4 Å². The second kappa shape index (κ2) is 18.0. The molecule has 3 heterocycles. The number of allylic oxidation sites excluding steroid dienone is 2. The van der Waals surface area contributed by atoms with Crippen molar-refractivity contribution in [2.75, 3.05) is 19.8 Å². The number of aliphatic hydroxyl groups excluding tert-OH is 11. The summed E-state index contributed by atoms with van der Waals surface area (Å²) < 4.78 is 35.0. The molecule has 0 radical (unpaired) electrons. The van der Waals surface area contributed by atoms with Crippen molar-refractivity contribution in [1.82, 2.24) is 0 Å². The van der Waals surface area contributed by atoms with Crippen LogP contribution in [0.5, 0.6) is 0 Å². The number of rotatable bonds is 9. The van der Waals surface area contributed by atoms with Crippen LogP contribution in [0.25, 0.3) is 0 Å². The Labute approximate surface area is 387 Å². The van der Waals surface area contributed by atoms with Crippen molar-refractivity contribution >= 4 is 5.97 Å². The van der Waals surface area contributed by atoms with Crippen LogP contribution in [0.4, 0.5) is 0 Å². The van der Waals surface area contributed by atoms with Crippen LogP contribution in [0, 0.1) is 50.2 Å². The van der Waals surface area contributed by atoms with Gasteiger partial charge in [0, 0.05) is 0 Å². The van der Waals surface area contributed by atoms with Crippen LogP contribution in [0.3, 0.4) is 0 Å². The number of carbonyl (C=O) groups is 1. The predicted molar refractivity (Wildman–Crippen MR) is 230 cm³/mol. The van der Waals surface area contributed by atoms with Crippen molar-refractivity contribution in [2.24, 2.45) is 50.2 Å². The summed E-state index contributed by atoms with van der Waals surface area (Å²) in [5, 5.41) is 117. The van der Waals surface area contributed by atoms with E-state index in [2.05, 4.69) is 54.5 Å². The zero-order valence-corrected chi connectivity index (χ0v) is 39.5. The molecule has 18 heteroatoms. The Balaban J connectivity index is 1.01. The maximum atomic E-state index is 15.0. The highest BCUT2D eigenvalue weighted by Crippen LogP contribution is 2.76. The van der Waals surface area contributed by atoms with Gasteiger partial charge >= 0.3 is 5.97 Å². The van der Waals surface area contributed by atoms with Gasteiger partial charge < -0.3 is 84.6 Å². The summed E-state index contributed by atoms with van der Waals surface area (Å²) in [6.07, 6.45) is -15.7. The number of aliphatic hydroxyl groups is 11. The molecule has 66 heavy (non-hydrogen) atoms. The van der Waals surface area contributed by atoms with Crippen LogP contribution in [0.2, 0.25) is 0 Å². The van der Waals surface area contributed by atoms with Crippen LogP contribution in [0.1, 0.15) is 113 Å². The van der Waals surface area contributed by atoms with Crippen molar-refractivity contribution in [2.45, 2.75) is 211 Å². The largest absolute Gasteiger partial charge is 0.432 e. The Bertz CT molecular complexity index is 1790. The topological polar surface area (TPSA) is 295 Å². The molecule has 7 fully saturated rings. The van der Waals surface area contributed by atoms with Crippen molar-refractivity contribution in [3.63, 3.8) is 0 Å². The number of esters is 1. The highest BCUT2D eigenvalue weighted by atomic mass is 16.8. The van der Waals surface area contributed by atoms with Gasteiger partial charge in [0.1, 0.15) is 73.2 Å². The third-order valence-corrected chi connectivity index (χ3v) is 19.3. The molecule has 0 amide bonds. The molecule has 5 aliphatic carbocycles. The van der Waals surface area contributed by atoms with Gasteiger partial charge in [0.2, 0.25) is 6.29 Å². The van der Waals surface area contributed by atoms with E-state index in [1.807, 2.05) is 0 Å². The summed E-state index contributed by atoms with van der Waals surface area (Å²) in [6, 6.07) is 0. The predicted octanol–water partition coefficient (Wildman–Crippen LogP) is 0.141. The van der Waals surface area contributed by atoms with Crippen molar-refractivity contribution in [3.8, 4) is 0 Å². The molecule has 0 bridgehead atoms. The second-order valence-corrected chi connectivity index (χ2v) is 23.5. The van der Waals surface area contributed by atoms with E-state index in [1.165, 1.54) is 5.57 Å². The smallest absolute Gasteiger partial charge is 0.315 e. The minimum Gasteiger partial charge on any atom is -0.432 e. The molecule has 0 spiro atoms. The van der Waals surface area contributed by atoms with Gasteiger partial charge in [0.15, 0.2) is 12.6 Å². The van der Waals surface area contributed by atoms with E-state index in [1.54, 1.807) is 0 Å². The van der Waals surface area contributed by atoms with E-state index in [9.17, 15) is 56.2 Å². The molecule has 0 aromatic rings. The first-order valence-electron chi connectivity index (χ1n) is 24.3. The first kappa shape index (κ1) is 50.9. The van der Waals surface area contributed by atoms with Crippen LogP contribution in [-0.4, -0.2) is 180 Å². The lowest BCUT2D eigenvalue weighted by Crippen LogP contribution is -2.65. The maximum Gasteiger partial charge on any atom is 0.315 e. The van der Waals surface area contributed by atoms with Crippen LogP contribution >= 0.6 is 0 Å². The Morgan fingerprint density at radius 3 is 1.86 bits per heavy atom. The lowest BCUT2D eigenvalue weighted by Gasteiger charge is -2.71. The van der Waals surface area contributed by atoms with Gasteiger partial charge in [0.25, 0.3) is 0 Å². The van der Waals surface area contributed by atoms with E-state index in [0.717, 1.165) is 51.4 Å². The average Bonchev–Trinajstić information content (AvgIpc) is 3.26. The lowest BCUT2D eigenvalue weighted by molar-refractivity contribution is -0.372. The van der Waals surface area contributed by atoms with Crippen LogP contribution in [-0.2, 0) is 33.2 Å². The summed E-state index contributed by atoms with van der Waals surface area (Å²) in [7, 11) is 0. The van der Waals surface area contributed by atoms with Crippen LogP contribution in [0.15, 0.2) is 11.6 Å². The molecule has 3 aliphatic heterocycles. The van der Waals surface area contributed by atoms with E-state index in [0.29, 0.717) is 24.7 Å². The molecular formula is C48H78O18. The molecule has 4 saturated carbocycles. The number of fused-ring (bicyclic) bond motifs is 7. The number of hydrogen-bond donors (Lipinski definition) is 11. The van der Waals surface area contributed by atoms with Gasteiger partial charge in [-0.25, -0.2) is 0 Å². The maximum absolute atomic E-state index is 15.0. The lowest BCUT2D eigenvalue weighted by atomic mass is 9.33. The van der Waals surface area contributed by atoms with E-state index in [-0.39, 0.29) is 39.1 Å². The van der Waals surface area contributed by atoms with Gasteiger partial charge in [-0.2, -0.15) is 0 Å². The van der Waals surface area contributed by atoms with Gasteiger partial charge in [-0.05, 0) is 109 Å². The van der Waals surface area contributed by atoms with Gasteiger partial charge in [0.05, 0.1) is 31.3 Å². The molecule has 23 atom stereocenters. The average molecular weight is 943 g/mol. The molecule has 8 aliphatic rings. The molecule has 378 valence electrons. The summed E-state index contributed by atoms with van der Waals surface area (Å²) >= 11 is 0. The fourth-order valence-corrected chi connectivity index (χ4v) is 14.8. The Hall–Kier alpha value is -1.43. The molecule has 11 N–H and O–H groups in total. The fraction of sp³-hybridized carbons (Fsp3) is 0.938. The molecule has 0 unspecified atom stereocenters. The van der Waals surface area contributed by atoms with Crippen molar-refractivity contribution in [1.29, 1.82) is 0 Å². The summed E-state index contributed by atoms with van der Waals surface area (Å²) in [4.78, 5) is 15.0. The highest BCUT2D eigenvalue weighted by molar-refractivity contribution is 5.79. The first-order chi connectivity index (χ1) is 30.8. The third kappa shape index (κ3) is 7.96. The SMILES string of the molecule is CC1(C)CC[C@]2(C(=O)O[C@@H]3O[C@H](CO[C@@H]4O[C@H](CO)[C@@H](O)[C@H](O)[C@H]4O[C@@H]4O[C@H](CO)[C@@H](O)[C@H](O)[C@H]4O)[C@@H](O)[C@H](O)[C@H]3O)CC[C@]3(C)C(=CC[C@@H]4[C@@]5(C)CC[C@H](O)C(C)(C)[C@@H]5CC[C@]43C)[C@@H]2C1. The molecule has 0 aromatic carbocycles. The second-order valence-electron chi connectivity index (χ2n) is 23.5. The summed E-state index contributed by atoms with van der Waals surface area (Å²) in [5.41, 5.74) is -0.150. The molecule has 18 nitrogen and oxygen atoms in total. The number of hydrogen-bond acceptors (Lipinski definition) is 18. The quantitative estimate of drug-likeness (QED) is 0.108. The van der Waals surface area contributed by atoms with E-state index < -0.39 is 123 Å². The van der Waals surface area contributed by atoms with E-state index >= 15 is 4.79 Å². The zero-order chi connectivity index (χ0) is 48.3. The molecule has 8 rings (SSSR count). The Morgan fingerprint density at radius 1 is 0.636 bits per heavy atom. The molecule has 3 saturated heterocycles. The van der Waals surface area contributed by atoms with Crippen molar-refractivity contribution < 1.29 is 89.4 Å². The zero-order valence-electron chi connectivity index (χ0n) is 39.5. The van der Waals surface area contributed by atoms with Gasteiger partial charge in [-0.3, -0.25) is 4.79 Å². The fourth-order valence-electron chi connectivity index (χ4n) is 14.8. The highest BCUT2D eigenvalue weighted by Gasteiger charge is 2.70. The van der Waals surface area contributed by atoms with Crippen molar-refractivity contribution in [3.05, 3.63) is 11.6 Å². The molecule has 0 aromatic heterocycles. The number of ether oxygens (including phenoxy) is 6. The normalized spacial score (nSPS) is 53.3. The molecular weight excluding hydrogens is 865 g/mol. The van der Waals surface area contributed by atoms with Gasteiger partial charge in [-0.15, -0.1) is 0 Å². The van der Waals surface area contributed by atoms with Gasteiger partial charge in [-0.1, -0.05) is 60.1 Å². The monoisotopic (exact) mass is 943 g/mol. The Morgan fingerprint density at radius 2 is 1.21 bits per heavy atom. The third-order valence-electron chi connectivity index (χ3n) is 19.3.